The molecule has 0 rings (SSSR count). The third-order valence-corrected chi connectivity index (χ3v) is 17.0. The predicted octanol–water partition coefficient (Wildman–Crippen LogP) is 4.54. The van der Waals surface area contributed by atoms with Crippen LogP contribution >= 0.6 is 7.60 Å². The first-order valence-electron chi connectivity index (χ1n) is 6.26. The molecule has 3 nitrogen and oxygen atoms in total. The van der Waals surface area contributed by atoms with E-state index in [2.05, 4.69) is 39.3 Å². The summed E-state index contributed by atoms with van der Waals surface area (Å²) in [6.07, 6.45) is 0. The first-order chi connectivity index (χ1) is 7.49. The maximum Gasteiger partial charge on any atom is 0.187 e. The molecule has 0 amide bonds. The minimum atomic E-state index is -3.03. The molecule has 0 saturated heterocycles. The van der Waals surface area contributed by atoms with E-state index < -0.39 is 23.7 Å². The molecule has 0 radical (unpaired) electrons. The molecule has 0 aromatic carbocycles. The molecular weight excluding hydrogens is 267 g/mol. The van der Waals surface area contributed by atoms with Crippen LogP contribution < -0.4 is 0 Å². The zero-order valence-electron chi connectivity index (χ0n) is 12.6. The number of hydrogen-bond acceptors (Lipinski definition) is 3. The van der Waals surface area contributed by atoms with Crippen molar-refractivity contribution in [3.8, 4) is 0 Å². The topological polar surface area (TPSA) is 35.5 Å². The van der Waals surface area contributed by atoms with Crippen molar-refractivity contribution >= 4 is 23.7 Å². The molecule has 0 atom stereocenters. The van der Waals surface area contributed by atoms with Gasteiger partial charge in [0.25, 0.3) is 0 Å². The highest BCUT2D eigenvalue weighted by Crippen LogP contribution is 2.63. The molecule has 6 heteroatoms. The lowest BCUT2D eigenvalue weighted by Crippen LogP contribution is -2.47. The highest BCUT2D eigenvalue weighted by atomic mass is 31.2. The molecule has 0 unspecified atom stereocenters. The van der Waals surface area contributed by atoms with Gasteiger partial charge in [-0.1, -0.05) is 55.4 Å². The molecule has 0 bridgehead atoms. The Balaban J connectivity index is 5.47. The zero-order chi connectivity index (χ0) is 13.9. The van der Waals surface area contributed by atoms with Gasteiger partial charge in [-0.05, 0) is 13.8 Å². The van der Waals surface area contributed by atoms with Crippen LogP contribution in [0.5, 0.6) is 0 Å². The Morgan fingerprint density at radius 3 is 1.35 bits per heavy atom. The van der Waals surface area contributed by atoms with Gasteiger partial charge in [0.05, 0.1) is 13.2 Å². The van der Waals surface area contributed by atoms with Crippen LogP contribution in [0.25, 0.3) is 0 Å². The Kier molecular flexibility index (Phi) is 6.36. The fraction of sp³-hybridized carbons (Fsp3) is 0.909. The summed E-state index contributed by atoms with van der Waals surface area (Å²) in [4.78, 5) is 1.14. The van der Waals surface area contributed by atoms with Crippen molar-refractivity contribution in [2.24, 2.45) is 0 Å². The van der Waals surface area contributed by atoms with E-state index in [1.807, 2.05) is 13.8 Å². The van der Waals surface area contributed by atoms with Gasteiger partial charge in [0.15, 0.2) is 7.60 Å². The average molecular weight is 295 g/mol. The van der Waals surface area contributed by atoms with Crippen molar-refractivity contribution in [2.75, 3.05) is 13.2 Å². The van der Waals surface area contributed by atoms with Crippen LogP contribution in [-0.2, 0) is 13.6 Å². The lowest BCUT2D eigenvalue weighted by atomic mass is 10.9. The summed E-state index contributed by atoms with van der Waals surface area (Å²) in [5.41, 5.74) is 0. The summed E-state index contributed by atoms with van der Waals surface area (Å²) in [6, 6.07) is 0. The van der Waals surface area contributed by atoms with E-state index >= 15 is 0 Å². The smallest absolute Gasteiger partial charge is 0.187 e. The quantitative estimate of drug-likeness (QED) is 0.393. The molecule has 0 fully saturated rings. The van der Waals surface area contributed by atoms with Gasteiger partial charge >= 0.3 is 0 Å². The molecule has 0 aromatic heterocycles. The van der Waals surface area contributed by atoms with Crippen LogP contribution in [0.15, 0.2) is 0 Å². The molecule has 0 aliphatic rings. The minimum Gasteiger partial charge on any atom is -0.331 e. The Bertz CT molecular complexity index is 257. The van der Waals surface area contributed by atoms with E-state index in [1.165, 1.54) is 0 Å². The van der Waals surface area contributed by atoms with Gasteiger partial charge in [0, 0.05) is 0 Å². The van der Waals surface area contributed by atoms with Gasteiger partial charge in [-0.3, -0.25) is 4.57 Å². The Morgan fingerprint density at radius 1 is 0.882 bits per heavy atom. The summed E-state index contributed by atoms with van der Waals surface area (Å²) in [5.74, 6) is 0. The highest BCUT2D eigenvalue weighted by molar-refractivity contribution is 7.66. The van der Waals surface area contributed by atoms with E-state index in [-0.39, 0.29) is 0 Å². The van der Waals surface area contributed by atoms with Gasteiger partial charge in [0.2, 0.25) is 0 Å². The molecular formula is C11H28O3PSi2-. The van der Waals surface area contributed by atoms with Gasteiger partial charge in [-0.15, -0.1) is 0 Å². The minimum absolute atomic E-state index is 0.440. The van der Waals surface area contributed by atoms with Crippen molar-refractivity contribution in [1.29, 1.82) is 0 Å². The molecule has 0 spiro atoms. The number of rotatable bonds is 7. The van der Waals surface area contributed by atoms with Crippen LogP contribution in [0.1, 0.15) is 13.8 Å². The van der Waals surface area contributed by atoms with Crippen molar-refractivity contribution in [1.82, 2.24) is 0 Å². The van der Waals surface area contributed by atoms with Crippen LogP contribution in [0.2, 0.25) is 39.3 Å². The average Bonchev–Trinajstić information content (AvgIpc) is 1.97. The van der Waals surface area contributed by atoms with Gasteiger partial charge < -0.3 is 9.05 Å². The van der Waals surface area contributed by atoms with E-state index in [1.54, 1.807) is 0 Å². The second-order valence-electron chi connectivity index (χ2n) is 6.18. The predicted molar refractivity (Wildman–Crippen MR) is 80.8 cm³/mol. The zero-order valence-corrected chi connectivity index (χ0v) is 15.5. The summed E-state index contributed by atoms with van der Waals surface area (Å²) < 4.78 is 24.1. The van der Waals surface area contributed by atoms with Crippen molar-refractivity contribution in [3.63, 3.8) is 0 Å². The molecule has 0 N–H and O–H groups in total. The van der Waals surface area contributed by atoms with E-state index in [0.29, 0.717) is 13.2 Å². The molecule has 0 aromatic rings. The van der Waals surface area contributed by atoms with Crippen molar-refractivity contribution in [2.45, 2.75) is 53.1 Å². The lowest BCUT2D eigenvalue weighted by Gasteiger charge is -2.54. The third-order valence-electron chi connectivity index (χ3n) is 2.29. The highest BCUT2D eigenvalue weighted by Gasteiger charge is 2.37. The van der Waals surface area contributed by atoms with Crippen LogP contribution in [0, 0.1) is 4.91 Å². The molecule has 17 heavy (non-hydrogen) atoms. The Labute approximate surface area is 109 Å². The Hall–Kier alpha value is 0.584. The maximum atomic E-state index is 13.0. The monoisotopic (exact) mass is 295 g/mol. The summed E-state index contributed by atoms with van der Waals surface area (Å²) >= 11 is 0. The van der Waals surface area contributed by atoms with Crippen LogP contribution in [-0.4, -0.2) is 29.4 Å². The Morgan fingerprint density at radius 2 is 1.18 bits per heavy atom. The van der Waals surface area contributed by atoms with Gasteiger partial charge in [-0.25, -0.2) is 0 Å². The molecule has 0 heterocycles. The van der Waals surface area contributed by atoms with E-state index in [0.717, 1.165) is 4.91 Å². The van der Waals surface area contributed by atoms with Crippen molar-refractivity contribution in [3.05, 3.63) is 4.91 Å². The maximum absolute atomic E-state index is 13.0. The second kappa shape index (κ2) is 6.15. The van der Waals surface area contributed by atoms with Crippen molar-refractivity contribution < 1.29 is 13.6 Å². The first-order valence-corrected chi connectivity index (χ1v) is 14.8. The van der Waals surface area contributed by atoms with E-state index in [4.69, 9.17) is 9.05 Å². The molecule has 0 saturated carbocycles. The number of hydrogen-bond donors (Lipinski definition) is 0. The SMILES string of the molecule is CCOP(=O)(OCC)[C-]([Si](C)(C)C)[Si](C)(C)C. The summed E-state index contributed by atoms with van der Waals surface area (Å²) in [7, 11) is -6.37. The largest absolute Gasteiger partial charge is 0.331 e. The van der Waals surface area contributed by atoms with Gasteiger partial charge in [-0.2, -0.15) is 4.91 Å². The molecule has 0 aliphatic carbocycles. The van der Waals surface area contributed by atoms with Crippen LogP contribution in [0.4, 0.5) is 0 Å². The van der Waals surface area contributed by atoms with E-state index in [9.17, 15) is 4.57 Å². The summed E-state index contributed by atoms with van der Waals surface area (Å²) in [6.45, 7) is 18.0. The normalized spacial score (nSPS) is 14.4. The lowest BCUT2D eigenvalue weighted by molar-refractivity contribution is 0.225. The summed E-state index contributed by atoms with van der Waals surface area (Å²) in [5, 5.41) is 0. The first kappa shape index (κ1) is 17.6. The fourth-order valence-electron chi connectivity index (χ4n) is 2.45. The third kappa shape index (κ3) is 4.99. The second-order valence-corrected chi connectivity index (χ2v) is 19.5. The fourth-order valence-corrected chi connectivity index (χ4v) is 19.8. The standard InChI is InChI=1S/C11H28O3PSi2/c1-9-13-15(12,14-10-2)11(16(3,4)5)17(6,7)8/h9-10H2,1-8H3/q-1. The van der Waals surface area contributed by atoms with Crippen LogP contribution in [0.3, 0.4) is 0 Å². The molecule has 0 aliphatic heterocycles. The molecule has 104 valence electrons. The van der Waals surface area contributed by atoms with Gasteiger partial charge in [0.1, 0.15) is 0 Å².